The molecule has 1 fully saturated rings. The molecule has 7 nitrogen and oxygen atoms in total. The van der Waals surface area contributed by atoms with Crippen molar-refractivity contribution >= 4 is 33.0 Å². The van der Waals surface area contributed by atoms with Gasteiger partial charge in [-0.15, -0.1) is 5.10 Å². The second-order valence-corrected chi connectivity index (χ2v) is 6.72. The predicted molar refractivity (Wildman–Crippen MR) is 80.4 cm³/mol. The van der Waals surface area contributed by atoms with Gasteiger partial charge in [0.1, 0.15) is 0 Å². The molecule has 2 rings (SSSR count). The Hall–Kier alpha value is -1.74. The number of ether oxygens (including phenoxy) is 1. The van der Waals surface area contributed by atoms with Crippen LogP contribution in [0.25, 0.3) is 0 Å². The van der Waals surface area contributed by atoms with E-state index >= 15 is 0 Å². The molecule has 1 saturated heterocycles. The molecule has 1 aromatic carbocycles. The van der Waals surface area contributed by atoms with Gasteiger partial charge in [-0.2, -0.15) is 13.2 Å². The van der Waals surface area contributed by atoms with Gasteiger partial charge in [-0.1, -0.05) is 30.0 Å². The monoisotopic (exact) mass is 329 g/mol. The standard InChI is InChI=1S/C12H15N3O4S2/c1-2-19-12(16)15-8-9-20-11(15)13-14-21(17,18)10-6-4-3-5-7-10/h3-7,14H,2,8-9H2,1H3/b13-11-. The quantitative estimate of drug-likeness (QED) is 0.845. The number of hydrogen-bond acceptors (Lipinski definition) is 6. The van der Waals surface area contributed by atoms with Crippen LogP contribution in [-0.4, -0.2) is 43.5 Å². The van der Waals surface area contributed by atoms with E-state index in [-0.39, 0.29) is 16.7 Å². The first-order valence-electron chi connectivity index (χ1n) is 6.26. The summed E-state index contributed by atoms with van der Waals surface area (Å²) in [5.74, 6) is 0.644. The van der Waals surface area contributed by atoms with E-state index in [0.29, 0.717) is 12.3 Å². The molecule has 1 heterocycles. The van der Waals surface area contributed by atoms with Crippen LogP contribution in [0, 0.1) is 0 Å². The summed E-state index contributed by atoms with van der Waals surface area (Å²) in [6.45, 7) is 2.40. The summed E-state index contributed by atoms with van der Waals surface area (Å²) in [7, 11) is -3.74. The van der Waals surface area contributed by atoms with Gasteiger partial charge in [-0.05, 0) is 19.1 Å². The SMILES string of the molecule is CCOC(=O)N1CCS/C1=N\NS(=O)(=O)c1ccccc1. The molecule has 0 unspecified atom stereocenters. The molecule has 0 spiro atoms. The number of rotatable bonds is 4. The number of carbonyl (C=O) groups excluding carboxylic acids is 1. The molecular weight excluding hydrogens is 314 g/mol. The largest absolute Gasteiger partial charge is 0.449 e. The van der Waals surface area contributed by atoms with Crippen LogP contribution in [0.1, 0.15) is 6.92 Å². The molecule has 1 aromatic rings. The molecule has 0 bridgehead atoms. The van der Waals surface area contributed by atoms with Crippen LogP contribution in [0.4, 0.5) is 4.79 Å². The Kier molecular flexibility index (Phi) is 5.07. The molecule has 1 amide bonds. The fraction of sp³-hybridized carbons (Fsp3) is 0.333. The molecular formula is C12H15N3O4S2. The molecule has 0 saturated carbocycles. The van der Waals surface area contributed by atoms with E-state index in [1.165, 1.54) is 28.8 Å². The van der Waals surface area contributed by atoms with Crippen LogP contribution < -0.4 is 4.83 Å². The predicted octanol–water partition coefficient (Wildman–Crippen LogP) is 1.44. The van der Waals surface area contributed by atoms with Gasteiger partial charge in [-0.25, -0.2) is 4.79 Å². The van der Waals surface area contributed by atoms with Crippen molar-refractivity contribution in [3.05, 3.63) is 30.3 Å². The second-order valence-electron chi connectivity index (χ2n) is 4.00. The minimum Gasteiger partial charge on any atom is -0.449 e. The summed E-state index contributed by atoms with van der Waals surface area (Å²) < 4.78 is 28.9. The molecule has 114 valence electrons. The van der Waals surface area contributed by atoms with E-state index in [9.17, 15) is 13.2 Å². The normalized spacial score (nSPS) is 17.0. The average molecular weight is 329 g/mol. The molecule has 1 aliphatic rings. The lowest BCUT2D eigenvalue weighted by molar-refractivity contribution is 0.131. The zero-order valence-corrected chi connectivity index (χ0v) is 13.0. The van der Waals surface area contributed by atoms with Crippen molar-refractivity contribution in [2.24, 2.45) is 5.10 Å². The maximum Gasteiger partial charge on any atom is 0.415 e. The van der Waals surface area contributed by atoms with Gasteiger partial charge in [0.15, 0.2) is 5.17 Å². The van der Waals surface area contributed by atoms with Crippen LogP contribution in [0.2, 0.25) is 0 Å². The number of amidine groups is 1. The summed E-state index contributed by atoms with van der Waals surface area (Å²) >= 11 is 1.29. The third-order valence-corrected chi connectivity index (χ3v) is 4.76. The lowest BCUT2D eigenvalue weighted by Crippen LogP contribution is -2.34. The van der Waals surface area contributed by atoms with E-state index in [1.54, 1.807) is 25.1 Å². The Bertz CT molecular complexity index is 631. The topological polar surface area (TPSA) is 88.1 Å². The molecule has 9 heteroatoms. The van der Waals surface area contributed by atoms with E-state index < -0.39 is 16.1 Å². The van der Waals surface area contributed by atoms with Gasteiger partial charge in [-0.3, -0.25) is 4.90 Å². The van der Waals surface area contributed by atoms with E-state index in [4.69, 9.17) is 4.74 Å². The molecule has 1 aliphatic heterocycles. The van der Waals surface area contributed by atoms with Gasteiger partial charge in [0.2, 0.25) is 0 Å². The Balaban J connectivity index is 2.11. The maximum absolute atomic E-state index is 12.0. The van der Waals surface area contributed by atoms with Gasteiger partial charge >= 0.3 is 6.09 Å². The summed E-state index contributed by atoms with van der Waals surface area (Å²) in [5, 5.41) is 4.11. The number of carbonyl (C=O) groups is 1. The number of amides is 1. The van der Waals surface area contributed by atoms with E-state index in [2.05, 4.69) is 9.93 Å². The minimum atomic E-state index is -3.74. The molecule has 1 N–H and O–H groups in total. The average Bonchev–Trinajstić information content (AvgIpc) is 2.95. The first-order chi connectivity index (χ1) is 10.0. The third kappa shape index (κ3) is 3.88. The zero-order valence-electron chi connectivity index (χ0n) is 11.4. The van der Waals surface area contributed by atoms with Crippen molar-refractivity contribution < 1.29 is 17.9 Å². The lowest BCUT2D eigenvalue weighted by atomic mass is 10.4. The van der Waals surface area contributed by atoms with Crippen LogP contribution >= 0.6 is 11.8 Å². The number of nitrogens with zero attached hydrogens (tertiary/aromatic N) is 2. The summed E-state index contributed by atoms with van der Waals surface area (Å²) in [5.41, 5.74) is 0. The zero-order chi connectivity index (χ0) is 15.3. The summed E-state index contributed by atoms with van der Waals surface area (Å²) in [6.07, 6.45) is -0.528. The number of nitrogens with one attached hydrogen (secondary N) is 1. The highest BCUT2D eigenvalue weighted by molar-refractivity contribution is 8.14. The molecule has 21 heavy (non-hydrogen) atoms. The van der Waals surface area contributed by atoms with Crippen LogP contribution in [-0.2, 0) is 14.8 Å². The summed E-state index contributed by atoms with van der Waals surface area (Å²) in [6, 6.07) is 7.90. The fourth-order valence-corrected chi connectivity index (χ4v) is 3.39. The molecule has 0 atom stereocenters. The highest BCUT2D eigenvalue weighted by atomic mass is 32.2. The number of benzene rings is 1. The first-order valence-corrected chi connectivity index (χ1v) is 8.73. The van der Waals surface area contributed by atoms with Crippen molar-refractivity contribution in [2.45, 2.75) is 11.8 Å². The van der Waals surface area contributed by atoms with Crippen LogP contribution in [0.5, 0.6) is 0 Å². The van der Waals surface area contributed by atoms with E-state index in [1.807, 2.05) is 0 Å². The second kappa shape index (κ2) is 6.81. The number of hydrogen-bond donors (Lipinski definition) is 1. The van der Waals surface area contributed by atoms with Crippen molar-refractivity contribution in [3.8, 4) is 0 Å². The number of hydrazone groups is 1. The van der Waals surface area contributed by atoms with Crippen molar-refractivity contribution in [3.63, 3.8) is 0 Å². The Morgan fingerprint density at radius 1 is 1.43 bits per heavy atom. The molecule has 0 radical (unpaired) electrons. The summed E-state index contributed by atoms with van der Waals surface area (Å²) in [4.78, 5) is 15.2. The molecule has 0 aliphatic carbocycles. The van der Waals surface area contributed by atoms with E-state index in [0.717, 1.165) is 0 Å². The van der Waals surface area contributed by atoms with Gasteiger partial charge in [0.05, 0.1) is 11.5 Å². The lowest BCUT2D eigenvalue weighted by Gasteiger charge is -2.14. The number of sulfonamides is 1. The Morgan fingerprint density at radius 3 is 2.81 bits per heavy atom. The van der Waals surface area contributed by atoms with Crippen molar-refractivity contribution in [1.82, 2.24) is 9.73 Å². The Morgan fingerprint density at radius 2 is 2.14 bits per heavy atom. The highest BCUT2D eigenvalue weighted by Crippen LogP contribution is 2.19. The minimum absolute atomic E-state index is 0.111. The fourth-order valence-electron chi connectivity index (χ4n) is 1.62. The molecule has 0 aromatic heterocycles. The highest BCUT2D eigenvalue weighted by Gasteiger charge is 2.27. The first kappa shape index (κ1) is 15.6. The van der Waals surface area contributed by atoms with Gasteiger partial charge in [0.25, 0.3) is 10.0 Å². The van der Waals surface area contributed by atoms with Gasteiger partial charge < -0.3 is 4.74 Å². The Labute approximate surface area is 127 Å². The maximum atomic E-state index is 12.0. The number of thioether (sulfide) groups is 1. The van der Waals surface area contributed by atoms with Crippen LogP contribution in [0.15, 0.2) is 40.3 Å². The van der Waals surface area contributed by atoms with Crippen LogP contribution in [0.3, 0.4) is 0 Å². The third-order valence-electron chi connectivity index (χ3n) is 2.58. The van der Waals surface area contributed by atoms with Gasteiger partial charge in [0, 0.05) is 12.3 Å². The van der Waals surface area contributed by atoms with Crippen molar-refractivity contribution in [1.29, 1.82) is 0 Å². The smallest absolute Gasteiger partial charge is 0.415 e. The van der Waals surface area contributed by atoms with Crippen molar-refractivity contribution in [2.75, 3.05) is 18.9 Å².